The van der Waals surface area contributed by atoms with Crippen LogP contribution in [0, 0.1) is 23.1 Å². The maximum Gasteiger partial charge on any atom is 0.168 e. The molecule has 2 fully saturated rings. The topological polar surface area (TPSA) is 40.5 Å². The number of phenolic OH excluding ortho intramolecular Hbond substituents is 1. The fraction of sp³-hybridized carbons (Fsp3) is 0.667. The first-order valence-corrected chi connectivity index (χ1v) is 8.20. The largest absolute Gasteiger partial charge is 0.505 e. The number of fused-ring (bicyclic) bond motifs is 5. The Morgan fingerprint density at radius 1 is 1.19 bits per heavy atom. The van der Waals surface area contributed by atoms with E-state index in [4.69, 9.17) is 0 Å². The molecule has 2 saturated carbocycles. The van der Waals surface area contributed by atoms with Crippen molar-refractivity contribution in [3.8, 4) is 5.75 Å². The van der Waals surface area contributed by atoms with Gasteiger partial charge in [0.2, 0.25) is 0 Å². The summed E-state index contributed by atoms with van der Waals surface area (Å²) >= 11 is 0. The van der Waals surface area contributed by atoms with Crippen molar-refractivity contribution in [1.82, 2.24) is 0 Å². The summed E-state index contributed by atoms with van der Waals surface area (Å²) in [7, 11) is 0. The smallest absolute Gasteiger partial charge is 0.168 e. The Balaban J connectivity index is 1.74. The predicted octanol–water partition coefficient (Wildman–Crippen LogP) is 3.75. The van der Waals surface area contributed by atoms with Gasteiger partial charge in [0.25, 0.3) is 0 Å². The number of aliphatic hydroxyl groups is 1. The summed E-state index contributed by atoms with van der Waals surface area (Å²) in [6, 6.07) is 3.44. The number of hydrogen-bond donors (Lipinski definition) is 2. The summed E-state index contributed by atoms with van der Waals surface area (Å²) in [4.78, 5) is 0. The standard InChI is InChI=1S/C18H23FO2/c1-18-9-8-11-10-4-6-15(20)17(19)13(10)3-2-12(11)14(18)5-7-16(18)21/h4,6,11-12,14,16,20-21H,2-3,5,7-9H2,1H3/t11?,12?,14?,16-,18-/m0/s1/i19-1. The summed E-state index contributed by atoms with van der Waals surface area (Å²) in [5, 5.41) is 19.9. The lowest BCUT2D eigenvalue weighted by atomic mass is 9.55. The molecule has 0 aromatic heterocycles. The van der Waals surface area contributed by atoms with Crippen LogP contribution < -0.4 is 0 Å². The molecular formula is C18H23FO2. The van der Waals surface area contributed by atoms with Crippen molar-refractivity contribution in [3.05, 3.63) is 29.1 Å². The molecule has 0 heterocycles. The molecule has 2 N–H and O–H groups in total. The van der Waals surface area contributed by atoms with Crippen LogP contribution in [0.25, 0.3) is 0 Å². The highest BCUT2D eigenvalue weighted by Crippen LogP contribution is 2.61. The molecule has 1 aromatic rings. The molecule has 5 atom stereocenters. The van der Waals surface area contributed by atoms with Crippen LogP contribution >= 0.6 is 0 Å². The number of phenols is 1. The Morgan fingerprint density at radius 2 is 2.00 bits per heavy atom. The average molecular weight is 289 g/mol. The number of hydrogen-bond acceptors (Lipinski definition) is 2. The molecule has 0 bridgehead atoms. The van der Waals surface area contributed by atoms with E-state index in [1.54, 1.807) is 0 Å². The second-order valence-electron chi connectivity index (χ2n) is 7.52. The predicted molar refractivity (Wildman–Crippen MR) is 78.7 cm³/mol. The molecule has 0 amide bonds. The van der Waals surface area contributed by atoms with Crippen LogP contribution in [0.2, 0.25) is 0 Å². The summed E-state index contributed by atoms with van der Waals surface area (Å²) in [6.07, 6.45) is 5.63. The Hall–Kier alpha value is -1.09. The first kappa shape index (κ1) is 13.6. The lowest BCUT2D eigenvalue weighted by Gasteiger charge is -2.50. The number of rotatable bonds is 0. The molecule has 0 spiro atoms. The zero-order chi connectivity index (χ0) is 14.8. The van der Waals surface area contributed by atoms with Crippen LogP contribution in [-0.4, -0.2) is 16.3 Å². The van der Waals surface area contributed by atoms with Crippen LogP contribution in [0.3, 0.4) is 0 Å². The first-order chi connectivity index (χ1) is 10.0. The SMILES string of the molecule is C[C@]12CCC3c4ccc(O)c([18F])c4CCC3C1CC[C@@H]2O. The quantitative estimate of drug-likeness (QED) is 0.763. The molecular weight excluding hydrogens is 266 g/mol. The van der Waals surface area contributed by atoms with Crippen molar-refractivity contribution in [2.75, 3.05) is 0 Å². The highest BCUT2D eigenvalue weighted by atomic mass is 18.2. The van der Waals surface area contributed by atoms with E-state index in [-0.39, 0.29) is 17.3 Å². The molecule has 3 aliphatic carbocycles. The second kappa shape index (κ2) is 4.45. The van der Waals surface area contributed by atoms with Crippen molar-refractivity contribution in [2.45, 2.75) is 57.5 Å². The van der Waals surface area contributed by atoms with Crippen molar-refractivity contribution >= 4 is 0 Å². The van der Waals surface area contributed by atoms with Crippen LogP contribution in [0.15, 0.2) is 12.1 Å². The third-order valence-corrected chi connectivity index (χ3v) is 6.77. The maximum absolute atomic E-state index is 14.2. The van der Waals surface area contributed by atoms with E-state index < -0.39 is 5.82 Å². The summed E-state index contributed by atoms with van der Waals surface area (Å²) < 4.78 is 14.2. The van der Waals surface area contributed by atoms with Gasteiger partial charge in [-0.2, -0.15) is 0 Å². The minimum absolute atomic E-state index is 0.0636. The van der Waals surface area contributed by atoms with Gasteiger partial charge in [0, 0.05) is 0 Å². The molecule has 2 nitrogen and oxygen atoms in total. The van der Waals surface area contributed by atoms with Crippen LogP contribution in [0.4, 0.5) is 4.39 Å². The van der Waals surface area contributed by atoms with E-state index in [1.165, 1.54) is 6.07 Å². The highest BCUT2D eigenvalue weighted by Gasteiger charge is 2.54. The average Bonchev–Trinajstić information content (AvgIpc) is 2.78. The molecule has 3 aliphatic rings. The fourth-order valence-corrected chi connectivity index (χ4v) is 5.58. The molecule has 0 saturated heterocycles. The molecule has 3 heteroatoms. The van der Waals surface area contributed by atoms with Gasteiger partial charge in [-0.15, -0.1) is 0 Å². The Labute approximate surface area is 125 Å². The van der Waals surface area contributed by atoms with Gasteiger partial charge in [0.1, 0.15) is 0 Å². The Kier molecular flexibility index (Phi) is 2.88. The number of benzene rings is 1. The number of halogens is 1. The van der Waals surface area contributed by atoms with E-state index in [0.717, 1.165) is 49.7 Å². The van der Waals surface area contributed by atoms with Crippen molar-refractivity contribution in [3.63, 3.8) is 0 Å². The van der Waals surface area contributed by atoms with E-state index in [9.17, 15) is 14.6 Å². The van der Waals surface area contributed by atoms with Gasteiger partial charge in [0.15, 0.2) is 11.6 Å². The van der Waals surface area contributed by atoms with Crippen molar-refractivity contribution in [2.24, 2.45) is 17.3 Å². The minimum atomic E-state index is -0.411. The lowest BCUT2D eigenvalue weighted by molar-refractivity contribution is -0.0227. The fourth-order valence-electron chi connectivity index (χ4n) is 5.58. The number of aromatic hydroxyl groups is 1. The second-order valence-corrected chi connectivity index (χ2v) is 7.52. The van der Waals surface area contributed by atoms with Crippen LogP contribution in [0.5, 0.6) is 5.75 Å². The molecule has 0 aliphatic heterocycles. The van der Waals surface area contributed by atoms with Gasteiger partial charge in [-0.3, -0.25) is 0 Å². The maximum atomic E-state index is 14.2. The third kappa shape index (κ3) is 1.73. The monoisotopic (exact) mass is 289 g/mol. The van der Waals surface area contributed by atoms with E-state index in [1.807, 2.05) is 6.07 Å². The lowest BCUT2D eigenvalue weighted by Crippen LogP contribution is -2.44. The molecule has 114 valence electrons. The van der Waals surface area contributed by atoms with Crippen LogP contribution in [0.1, 0.15) is 56.1 Å². The molecule has 0 radical (unpaired) electrons. The minimum Gasteiger partial charge on any atom is -0.505 e. The van der Waals surface area contributed by atoms with E-state index in [2.05, 4.69) is 6.92 Å². The van der Waals surface area contributed by atoms with E-state index in [0.29, 0.717) is 17.8 Å². The van der Waals surface area contributed by atoms with Gasteiger partial charge in [-0.25, -0.2) is 4.39 Å². The van der Waals surface area contributed by atoms with Gasteiger partial charge in [0.05, 0.1) is 6.10 Å². The molecule has 4 rings (SSSR count). The normalized spacial score (nSPS) is 41.3. The third-order valence-electron chi connectivity index (χ3n) is 6.77. The van der Waals surface area contributed by atoms with Gasteiger partial charge in [-0.1, -0.05) is 13.0 Å². The van der Waals surface area contributed by atoms with Crippen LogP contribution in [-0.2, 0) is 6.42 Å². The summed E-state index contributed by atoms with van der Waals surface area (Å²) in [5.74, 6) is 0.913. The Bertz CT molecular complexity index is 585. The van der Waals surface area contributed by atoms with Gasteiger partial charge >= 0.3 is 0 Å². The summed E-state index contributed by atoms with van der Waals surface area (Å²) in [6.45, 7) is 2.25. The van der Waals surface area contributed by atoms with Crippen molar-refractivity contribution < 1.29 is 14.6 Å². The number of aliphatic hydroxyl groups excluding tert-OH is 1. The zero-order valence-electron chi connectivity index (χ0n) is 12.5. The first-order valence-electron chi connectivity index (χ1n) is 8.20. The van der Waals surface area contributed by atoms with Gasteiger partial charge in [-0.05, 0) is 78.9 Å². The molecule has 1 aromatic carbocycles. The van der Waals surface area contributed by atoms with E-state index >= 15 is 0 Å². The summed E-state index contributed by atoms with van der Waals surface area (Å²) in [5.41, 5.74) is 1.91. The van der Waals surface area contributed by atoms with Gasteiger partial charge < -0.3 is 10.2 Å². The molecule has 3 unspecified atom stereocenters. The zero-order valence-corrected chi connectivity index (χ0v) is 12.5. The van der Waals surface area contributed by atoms with Crippen molar-refractivity contribution in [1.29, 1.82) is 0 Å². The highest BCUT2D eigenvalue weighted by molar-refractivity contribution is 5.41. The molecule has 21 heavy (non-hydrogen) atoms. The Morgan fingerprint density at radius 3 is 2.81 bits per heavy atom.